The summed E-state index contributed by atoms with van der Waals surface area (Å²) < 4.78 is 14.8. The quantitative estimate of drug-likeness (QED) is 0.316. The monoisotopic (exact) mass is 426 g/mol. The smallest absolute Gasteiger partial charge is 0.134 e. The van der Waals surface area contributed by atoms with Gasteiger partial charge in [-0.05, 0) is 97.8 Å². The molecule has 4 rings (SSSR count). The van der Waals surface area contributed by atoms with Crippen LogP contribution in [0, 0.1) is 11.7 Å². The summed E-state index contributed by atoms with van der Waals surface area (Å²) in [5.41, 5.74) is 4.92. The molecule has 1 fully saturated rings. The Balaban J connectivity index is 1.36. The second-order valence-electron chi connectivity index (χ2n) is 9.30. The Morgan fingerprint density at radius 1 is 0.875 bits per heavy atom. The van der Waals surface area contributed by atoms with Crippen LogP contribution in [0.1, 0.15) is 67.2 Å². The summed E-state index contributed by atoms with van der Waals surface area (Å²) in [6, 6.07) is 19.5. The highest BCUT2D eigenvalue weighted by molar-refractivity contribution is 5.84. The first-order chi connectivity index (χ1) is 15.7. The van der Waals surface area contributed by atoms with E-state index in [-0.39, 0.29) is 5.82 Å². The Labute approximate surface area is 192 Å². The molecule has 1 heteroatoms. The largest absolute Gasteiger partial charge is 0.206 e. The number of aryl methyl sites for hydroxylation is 3. The molecule has 166 valence electrons. The van der Waals surface area contributed by atoms with E-state index in [4.69, 9.17) is 0 Å². The van der Waals surface area contributed by atoms with Gasteiger partial charge in [-0.2, -0.15) is 0 Å². The summed E-state index contributed by atoms with van der Waals surface area (Å²) in [5, 5.41) is 1.72. The van der Waals surface area contributed by atoms with Crippen LogP contribution < -0.4 is 0 Å². The van der Waals surface area contributed by atoms with Gasteiger partial charge in [0.2, 0.25) is 0 Å². The van der Waals surface area contributed by atoms with E-state index >= 15 is 0 Å². The van der Waals surface area contributed by atoms with Gasteiger partial charge in [-0.3, -0.25) is 0 Å². The average Bonchev–Trinajstić information content (AvgIpc) is 2.83. The molecule has 3 aromatic carbocycles. The van der Waals surface area contributed by atoms with Crippen molar-refractivity contribution in [3.8, 4) is 0 Å². The molecule has 0 bridgehead atoms. The van der Waals surface area contributed by atoms with Crippen molar-refractivity contribution in [3.63, 3.8) is 0 Å². The minimum Gasteiger partial charge on any atom is -0.206 e. The lowest BCUT2D eigenvalue weighted by Crippen LogP contribution is -2.11. The van der Waals surface area contributed by atoms with Crippen LogP contribution in [0.2, 0.25) is 0 Å². The van der Waals surface area contributed by atoms with E-state index in [1.165, 1.54) is 42.4 Å². The fourth-order valence-electron chi connectivity index (χ4n) is 5.15. The molecule has 0 aromatic heterocycles. The van der Waals surface area contributed by atoms with Crippen LogP contribution >= 0.6 is 0 Å². The molecule has 0 atom stereocenters. The van der Waals surface area contributed by atoms with Crippen LogP contribution in [0.3, 0.4) is 0 Å². The zero-order chi connectivity index (χ0) is 22.3. The van der Waals surface area contributed by atoms with Crippen LogP contribution in [0.5, 0.6) is 0 Å². The van der Waals surface area contributed by atoms with Gasteiger partial charge in [-0.15, -0.1) is 6.58 Å². The van der Waals surface area contributed by atoms with E-state index in [2.05, 4.69) is 68.1 Å². The van der Waals surface area contributed by atoms with Crippen LogP contribution in [0.15, 0.2) is 79.4 Å². The molecule has 1 aliphatic rings. The Morgan fingerprint density at radius 3 is 2.31 bits per heavy atom. The van der Waals surface area contributed by atoms with E-state index in [0.717, 1.165) is 47.4 Å². The van der Waals surface area contributed by atoms with Gasteiger partial charge in [0.15, 0.2) is 0 Å². The van der Waals surface area contributed by atoms with Crippen molar-refractivity contribution in [1.29, 1.82) is 0 Å². The molecule has 0 spiro atoms. The van der Waals surface area contributed by atoms with Crippen LogP contribution in [0.25, 0.3) is 10.8 Å². The van der Waals surface area contributed by atoms with Gasteiger partial charge in [0.05, 0.1) is 0 Å². The number of allylic oxidation sites excluding steroid dienone is 3. The lowest BCUT2D eigenvalue weighted by Gasteiger charge is -2.27. The number of benzene rings is 3. The van der Waals surface area contributed by atoms with Gasteiger partial charge in [0, 0.05) is 5.39 Å². The van der Waals surface area contributed by atoms with Crippen LogP contribution in [0.4, 0.5) is 4.39 Å². The normalized spacial score (nSPS) is 18.9. The predicted molar refractivity (Wildman–Crippen MR) is 136 cm³/mol. The summed E-state index contributed by atoms with van der Waals surface area (Å²) in [6.45, 7) is 5.86. The molecule has 0 unspecified atom stereocenters. The highest BCUT2D eigenvalue weighted by Gasteiger charge is 2.20. The minimum atomic E-state index is -0.0776. The molecule has 0 amide bonds. The first kappa shape index (κ1) is 22.5. The number of rotatable bonds is 8. The molecule has 0 saturated heterocycles. The number of hydrogen-bond donors (Lipinski definition) is 0. The molecular formula is C31H35F. The van der Waals surface area contributed by atoms with Gasteiger partial charge in [0.25, 0.3) is 0 Å². The molecule has 32 heavy (non-hydrogen) atoms. The number of fused-ring (bicyclic) bond motifs is 1. The van der Waals surface area contributed by atoms with Crippen molar-refractivity contribution in [2.75, 3.05) is 0 Å². The summed E-state index contributed by atoms with van der Waals surface area (Å²) >= 11 is 0. The fourth-order valence-corrected chi connectivity index (χ4v) is 5.15. The first-order valence-electron chi connectivity index (χ1n) is 12.2. The Morgan fingerprint density at radius 2 is 1.59 bits per heavy atom. The molecule has 0 nitrogen and oxygen atoms in total. The van der Waals surface area contributed by atoms with Crippen molar-refractivity contribution < 1.29 is 4.39 Å². The summed E-state index contributed by atoms with van der Waals surface area (Å²) in [4.78, 5) is 0. The first-order valence-corrected chi connectivity index (χ1v) is 12.2. The minimum absolute atomic E-state index is 0.0776. The summed E-state index contributed by atoms with van der Waals surface area (Å²) in [6.07, 6.45) is 15.2. The lowest BCUT2D eigenvalue weighted by molar-refractivity contribution is 0.375. The summed E-state index contributed by atoms with van der Waals surface area (Å²) in [7, 11) is 0. The maximum absolute atomic E-state index is 14.8. The number of hydrogen-bond acceptors (Lipinski definition) is 0. The zero-order valence-electron chi connectivity index (χ0n) is 19.3. The lowest BCUT2D eigenvalue weighted by atomic mass is 9.78. The second kappa shape index (κ2) is 10.8. The van der Waals surface area contributed by atoms with Crippen molar-refractivity contribution >= 4 is 10.8 Å². The fraction of sp³-hybridized carbons (Fsp3) is 0.355. The third kappa shape index (κ3) is 5.38. The Hall–Kier alpha value is -2.67. The topological polar surface area (TPSA) is 0 Å². The zero-order valence-corrected chi connectivity index (χ0v) is 19.3. The molecule has 1 saturated carbocycles. The predicted octanol–water partition coefficient (Wildman–Crippen LogP) is 8.73. The maximum atomic E-state index is 14.8. The van der Waals surface area contributed by atoms with Gasteiger partial charge in [-0.1, -0.05) is 72.8 Å². The van der Waals surface area contributed by atoms with E-state index in [1.807, 2.05) is 18.2 Å². The molecule has 0 aliphatic heterocycles. The van der Waals surface area contributed by atoms with Crippen LogP contribution in [-0.2, 0) is 19.3 Å². The third-order valence-electron chi connectivity index (χ3n) is 7.11. The third-order valence-corrected chi connectivity index (χ3v) is 7.11. The average molecular weight is 427 g/mol. The van der Waals surface area contributed by atoms with E-state index < -0.39 is 0 Å². The standard InChI is InChI=1S/C31H35F/c1-3-5-7-28-19-20-29-22-25(14-21-30(29)31(28)32)9-8-24-12-17-27(18-13-24)26-15-10-23(6-4-2)11-16-26/h3-4,6,12-14,17-23,26H,1,5,7-11,15-16H2,2H3/b6-4+. The van der Waals surface area contributed by atoms with Gasteiger partial charge in [0.1, 0.15) is 5.82 Å². The van der Waals surface area contributed by atoms with E-state index in [0.29, 0.717) is 6.42 Å². The molecule has 0 radical (unpaired) electrons. The van der Waals surface area contributed by atoms with Gasteiger partial charge < -0.3 is 0 Å². The molecule has 3 aromatic rings. The molecular weight excluding hydrogens is 391 g/mol. The van der Waals surface area contributed by atoms with E-state index in [1.54, 1.807) is 0 Å². The van der Waals surface area contributed by atoms with Gasteiger partial charge in [-0.25, -0.2) is 4.39 Å². The van der Waals surface area contributed by atoms with Crippen LogP contribution in [-0.4, -0.2) is 0 Å². The SMILES string of the molecule is C=CCCc1ccc2cc(CCc3ccc(C4CCC(/C=C/C)CC4)cc3)ccc2c1F. The van der Waals surface area contributed by atoms with Gasteiger partial charge >= 0.3 is 0 Å². The van der Waals surface area contributed by atoms with Crippen molar-refractivity contribution in [2.24, 2.45) is 5.92 Å². The molecule has 0 N–H and O–H groups in total. The molecule has 1 aliphatic carbocycles. The van der Waals surface area contributed by atoms with Crippen molar-refractivity contribution in [1.82, 2.24) is 0 Å². The number of halogens is 1. The van der Waals surface area contributed by atoms with Crippen molar-refractivity contribution in [2.45, 2.75) is 64.2 Å². The van der Waals surface area contributed by atoms with Crippen molar-refractivity contribution in [3.05, 3.63) is 107 Å². The highest BCUT2D eigenvalue weighted by Crippen LogP contribution is 2.36. The highest BCUT2D eigenvalue weighted by atomic mass is 19.1. The Kier molecular flexibility index (Phi) is 7.58. The molecule has 0 heterocycles. The second-order valence-corrected chi connectivity index (χ2v) is 9.30. The maximum Gasteiger partial charge on any atom is 0.134 e. The Bertz CT molecular complexity index is 1070. The van der Waals surface area contributed by atoms with E-state index in [9.17, 15) is 4.39 Å². The summed E-state index contributed by atoms with van der Waals surface area (Å²) in [5.74, 6) is 1.42.